The van der Waals surface area contributed by atoms with Gasteiger partial charge in [-0.15, -0.1) is 0 Å². The van der Waals surface area contributed by atoms with E-state index in [1.165, 1.54) is 10.5 Å². The van der Waals surface area contributed by atoms with Gasteiger partial charge in [-0.2, -0.15) is 4.31 Å². The van der Waals surface area contributed by atoms with Crippen molar-refractivity contribution >= 4 is 31.9 Å². The molecule has 0 atom stereocenters. The number of halogens is 1. The molecule has 1 amide bonds. The van der Waals surface area contributed by atoms with Gasteiger partial charge in [0, 0.05) is 48.5 Å². The molecule has 4 rings (SSSR count). The van der Waals surface area contributed by atoms with Crippen LogP contribution in [0.3, 0.4) is 0 Å². The van der Waals surface area contributed by atoms with E-state index in [1.54, 1.807) is 18.3 Å². The summed E-state index contributed by atoms with van der Waals surface area (Å²) in [5, 5.41) is 0. The largest absolute Gasteiger partial charge is 0.335 e. The van der Waals surface area contributed by atoms with Gasteiger partial charge in [-0.25, -0.2) is 8.42 Å². The van der Waals surface area contributed by atoms with E-state index in [-0.39, 0.29) is 16.7 Å². The maximum Gasteiger partial charge on any atom is 0.244 e. The van der Waals surface area contributed by atoms with Crippen molar-refractivity contribution in [3.63, 3.8) is 0 Å². The summed E-state index contributed by atoms with van der Waals surface area (Å²) in [4.78, 5) is 19.4. The topological polar surface area (TPSA) is 70.6 Å². The molecule has 2 heterocycles. The van der Waals surface area contributed by atoms with Crippen LogP contribution in [-0.2, 0) is 21.4 Å². The molecule has 1 saturated heterocycles. The summed E-state index contributed by atoms with van der Waals surface area (Å²) in [6.07, 6.45) is 6.14. The zero-order valence-corrected chi connectivity index (χ0v) is 18.5. The van der Waals surface area contributed by atoms with Crippen LogP contribution in [0.1, 0.15) is 31.2 Å². The molecule has 2 aliphatic rings. The van der Waals surface area contributed by atoms with Crippen LogP contribution in [0.25, 0.3) is 0 Å². The van der Waals surface area contributed by atoms with Crippen molar-refractivity contribution in [2.24, 2.45) is 5.92 Å². The summed E-state index contributed by atoms with van der Waals surface area (Å²) in [7, 11) is -3.55. The van der Waals surface area contributed by atoms with Crippen LogP contribution >= 0.6 is 15.9 Å². The number of pyridine rings is 1. The maximum absolute atomic E-state index is 13.2. The fourth-order valence-electron chi connectivity index (χ4n) is 3.83. The average Bonchev–Trinajstić information content (AvgIpc) is 3.57. The predicted molar refractivity (Wildman–Crippen MR) is 113 cm³/mol. The van der Waals surface area contributed by atoms with Crippen LogP contribution in [0, 0.1) is 5.92 Å². The number of aromatic nitrogens is 1. The number of amides is 1. The smallest absolute Gasteiger partial charge is 0.244 e. The van der Waals surface area contributed by atoms with E-state index < -0.39 is 10.0 Å². The molecule has 0 radical (unpaired) electrons. The second kappa shape index (κ2) is 8.53. The molecule has 0 bridgehead atoms. The first-order chi connectivity index (χ1) is 13.9. The van der Waals surface area contributed by atoms with Gasteiger partial charge in [0.25, 0.3) is 0 Å². The van der Waals surface area contributed by atoms with Gasteiger partial charge in [0.2, 0.25) is 15.9 Å². The third-order valence-electron chi connectivity index (χ3n) is 5.59. The van der Waals surface area contributed by atoms with Crippen LogP contribution in [0.4, 0.5) is 0 Å². The van der Waals surface area contributed by atoms with Gasteiger partial charge < -0.3 is 4.90 Å². The van der Waals surface area contributed by atoms with E-state index in [4.69, 9.17) is 0 Å². The SMILES string of the molecule is O=C(C1CCN(S(=O)(=O)c2cccnc2)CC1)N(Cc1cccc(Br)c1)C1CC1. The first-order valence-corrected chi connectivity index (χ1v) is 12.1. The molecule has 0 N–H and O–H groups in total. The summed E-state index contributed by atoms with van der Waals surface area (Å²) in [6.45, 7) is 1.34. The third-order valence-corrected chi connectivity index (χ3v) is 7.96. The number of piperidine rings is 1. The number of benzene rings is 1. The third kappa shape index (κ3) is 4.70. The number of hydrogen-bond acceptors (Lipinski definition) is 4. The Bertz CT molecular complexity index is 972. The van der Waals surface area contributed by atoms with Crippen molar-refractivity contribution in [2.75, 3.05) is 13.1 Å². The van der Waals surface area contributed by atoms with Crippen molar-refractivity contribution in [1.29, 1.82) is 0 Å². The number of rotatable bonds is 6. The molecule has 8 heteroatoms. The molecule has 1 saturated carbocycles. The molecule has 0 spiro atoms. The lowest BCUT2D eigenvalue weighted by Gasteiger charge is -2.34. The van der Waals surface area contributed by atoms with Crippen molar-refractivity contribution < 1.29 is 13.2 Å². The van der Waals surface area contributed by atoms with E-state index in [1.807, 2.05) is 29.2 Å². The van der Waals surface area contributed by atoms with Gasteiger partial charge in [0.05, 0.1) is 0 Å². The summed E-state index contributed by atoms with van der Waals surface area (Å²) in [6, 6.07) is 11.5. The first-order valence-electron chi connectivity index (χ1n) is 9.90. The molecule has 1 aliphatic heterocycles. The highest BCUT2D eigenvalue weighted by Gasteiger charge is 2.38. The van der Waals surface area contributed by atoms with E-state index in [9.17, 15) is 13.2 Å². The minimum Gasteiger partial charge on any atom is -0.335 e. The van der Waals surface area contributed by atoms with E-state index in [2.05, 4.69) is 20.9 Å². The fourth-order valence-corrected chi connectivity index (χ4v) is 5.71. The summed E-state index contributed by atoms with van der Waals surface area (Å²) < 4.78 is 28.0. The van der Waals surface area contributed by atoms with Crippen LogP contribution in [0.5, 0.6) is 0 Å². The number of hydrogen-bond donors (Lipinski definition) is 0. The highest BCUT2D eigenvalue weighted by Crippen LogP contribution is 2.33. The Kier molecular flexibility index (Phi) is 6.03. The summed E-state index contributed by atoms with van der Waals surface area (Å²) in [5.74, 6) is 0.0361. The number of carbonyl (C=O) groups is 1. The molecular formula is C21H24BrN3O3S. The maximum atomic E-state index is 13.2. The number of sulfonamides is 1. The molecule has 1 aromatic heterocycles. The van der Waals surface area contributed by atoms with Gasteiger partial charge >= 0.3 is 0 Å². The van der Waals surface area contributed by atoms with Crippen LogP contribution in [0.2, 0.25) is 0 Å². The Labute approximate surface area is 180 Å². The summed E-state index contributed by atoms with van der Waals surface area (Å²) in [5.41, 5.74) is 1.11. The van der Waals surface area contributed by atoms with Crippen molar-refractivity contribution in [3.8, 4) is 0 Å². The summed E-state index contributed by atoms with van der Waals surface area (Å²) >= 11 is 3.49. The van der Waals surface area contributed by atoms with E-state index >= 15 is 0 Å². The van der Waals surface area contributed by atoms with Crippen molar-refractivity contribution in [3.05, 3.63) is 58.8 Å². The quantitative estimate of drug-likeness (QED) is 0.638. The number of carbonyl (C=O) groups excluding carboxylic acids is 1. The highest BCUT2D eigenvalue weighted by atomic mass is 79.9. The first kappa shape index (κ1) is 20.5. The minimum atomic E-state index is -3.55. The second-order valence-electron chi connectivity index (χ2n) is 7.69. The molecule has 2 aromatic rings. The molecule has 6 nitrogen and oxygen atoms in total. The van der Waals surface area contributed by atoms with Gasteiger partial charge in [-0.05, 0) is 55.5 Å². The van der Waals surface area contributed by atoms with E-state index in [0.717, 1.165) is 22.9 Å². The Hall–Kier alpha value is -1.77. The van der Waals surface area contributed by atoms with Crippen LogP contribution < -0.4 is 0 Å². The molecule has 154 valence electrons. The molecule has 1 aromatic carbocycles. The normalized spacial score (nSPS) is 18.5. The lowest BCUT2D eigenvalue weighted by Crippen LogP contribution is -2.44. The Balaban J connectivity index is 1.41. The molecular weight excluding hydrogens is 454 g/mol. The standard InChI is InChI=1S/C21H24BrN3O3S/c22-18-4-1-3-16(13-18)15-25(19-6-7-19)21(26)17-8-11-24(12-9-17)29(27,28)20-5-2-10-23-14-20/h1-5,10,13-14,17,19H,6-9,11-12,15H2. The highest BCUT2D eigenvalue weighted by molar-refractivity contribution is 9.10. The lowest BCUT2D eigenvalue weighted by molar-refractivity contribution is -0.138. The Morgan fingerprint density at radius 2 is 1.90 bits per heavy atom. The zero-order chi connectivity index (χ0) is 20.4. The minimum absolute atomic E-state index is 0.122. The van der Waals surface area contributed by atoms with Crippen LogP contribution in [0.15, 0.2) is 58.2 Å². The van der Waals surface area contributed by atoms with Crippen molar-refractivity contribution in [1.82, 2.24) is 14.2 Å². The second-order valence-corrected chi connectivity index (χ2v) is 10.5. The lowest BCUT2D eigenvalue weighted by atomic mass is 9.96. The van der Waals surface area contributed by atoms with Gasteiger partial charge in [-0.3, -0.25) is 9.78 Å². The number of nitrogens with zero attached hydrogens (tertiary/aromatic N) is 3. The van der Waals surface area contributed by atoms with Crippen LogP contribution in [-0.4, -0.2) is 47.6 Å². The molecule has 1 aliphatic carbocycles. The fraction of sp³-hybridized carbons (Fsp3) is 0.429. The molecule has 2 fully saturated rings. The van der Waals surface area contributed by atoms with E-state index in [0.29, 0.717) is 38.5 Å². The zero-order valence-electron chi connectivity index (χ0n) is 16.1. The van der Waals surface area contributed by atoms with Gasteiger partial charge in [0.1, 0.15) is 4.90 Å². The van der Waals surface area contributed by atoms with Crippen molar-refractivity contribution in [2.45, 2.75) is 43.2 Å². The van der Waals surface area contributed by atoms with Gasteiger partial charge in [-0.1, -0.05) is 28.1 Å². The average molecular weight is 478 g/mol. The Morgan fingerprint density at radius 1 is 1.14 bits per heavy atom. The molecule has 0 unspecified atom stereocenters. The predicted octanol–water partition coefficient (Wildman–Crippen LogP) is 3.44. The Morgan fingerprint density at radius 3 is 2.52 bits per heavy atom. The molecule has 29 heavy (non-hydrogen) atoms. The van der Waals surface area contributed by atoms with Gasteiger partial charge in [0.15, 0.2) is 0 Å². The monoisotopic (exact) mass is 477 g/mol.